The van der Waals surface area contributed by atoms with Gasteiger partial charge in [-0.1, -0.05) is 0 Å². The van der Waals surface area contributed by atoms with Gasteiger partial charge in [-0.15, -0.1) is 0 Å². The molecule has 0 fully saturated rings. The molecular weight excluding hydrogens is 610 g/mol. The van der Waals surface area contributed by atoms with Crippen LogP contribution in [-0.4, -0.2) is 78.3 Å². The van der Waals surface area contributed by atoms with Crippen LogP contribution >= 0.6 is 15.6 Å². The number of halogens is 12. The second kappa shape index (κ2) is 12.2. The molecule has 0 aromatic heterocycles. The van der Waals surface area contributed by atoms with Crippen molar-refractivity contribution in [2.24, 2.45) is 0 Å². The predicted octanol–water partition coefficient (Wildman–Crippen LogP) is 5.43. The average Bonchev–Trinajstić information content (AvgIpc) is 2.73. The Morgan fingerprint density at radius 2 is 0.676 bits per heavy atom. The van der Waals surface area contributed by atoms with Crippen LogP contribution in [0.1, 0.15) is 0 Å². The van der Waals surface area contributed by atoms with Crippen LogP contribution in [0.2, 0.25) is 0 Å². The quantitative estimate of drug-likeness (QED) is 0.143. The molecule has 0 N–H and O–H groups in total. The monoisotopic (exact) mass is 626 g/mol. The van der Waals surface area contributed by atoms with E-state index in [1.165, 1.54) is 0 Å². The summed E-state index contributed by atoms with van der Waals surface area (Å²) in [5, 5.41) is 0. The number of alkyl halides is 12. The summed E-state index contributed by atoms with van der Waals surface area (Å²) in [4.78, 5) is 0. The molecular formula is C12H16F12O11P2. The van der Waals surface area contributed by atoms with E-state index >= 15 is 0 Å². The van der Waals surface area contributed by atoms with Crippen molar-refractivity contribution in [3.8, 4) is 0 Å². The van der Waals surface area contributed by atoms with E-state index in [-0.39, 0.29) is 0 Å². The number of phosphoric ester groups is 2. The van der Waals surface area contributed by atoms with Crippen molar-refractivity contribution in [3.05, 3.63) is 0 Å². The molecule has 37 heavy (non-hydrogen) atoms. The smallest absolute Gasteiger partial charge is 0.290 e. The van der Waals surface area contributed by atoms with Crippen molar-refractivity contribution in [1.82, 2.24) is 0 Å². The predicted molar refractivity (Wildman–Crippen MR) is 88.1 cm³/mol. The molecule has 11 nitrogen and oxygen atoms in total. The molecule has 0 spiro atoms. The second-order valence-electron chi connectivity index (χ2n) is 5.82. The van der Waals surface area contributed by atoms with Gasteiger partial charge in [-0.3, -0.25) is 27.1 Å². The zero-order valence-electron chi connectivity index (χ0n) is 18.3. The Labute approximate surface area is 198 Å². The zero-order valence-corrected chi connectivity index (χ0v) is 20.1. The molecule has 0 unspecified atom stereocenters. The van der Waals surface area contributed by atoms with Gasteiger partial charge in [0.2, 0.25) is 0 Å². The number of ether oxygens (including phenoxy) is 3. The molecule has 0 aliphatic carbocycles. The molecule has 0 radical (unpaired) electrons. The number of hydrogen-bond acceptors (Lipinski definition) is 11. The summed E-state index contributed by atoms with van der Waals surface area (Å²) in [6, 6.07) is 0. The van der Waals surface area contributed by atoms with E-state index in [1.54, 1.807) is 0 Å². The molecule has 0 aliphatic heterocycles. The SMILES string of the molecule is COP(=O)(OC)OCC(F)(F)OC(F)(F)C(F)(F)OC(F)(F)C(F)(F)OC(F)(F)COP(=O)(OC)OC. The minimum atomic E-state index is -7.12. The lowest BCUT2D eigenvalue weighted by molar-refractivity contribution is -0.557. The van der Waals surface area contributed by atoms with E-state index < -0.39 is 65.5 Å². The van der Waals surface area contributed by atoms with E-state index in [0.29, 0.717) is 28.4 Å². The molecule has 0 atom stereocenters. The summed E-state index contributed by atoms with van der Waals surface area (Å²) in [5.74, 6) is 0. The standard InChI is InChI=1S/C12H16F12O11P2/c1-27-36(25,28-2)31-5-7(13,14)33-9(17,18)11(21,22)35-12(23,24)10(19,20)34-8(15,16)6-32-37(26,29-3)30-4/h5-6H2,1-4H3. The Morgan fingerprint density at radius 3 is 0.892 bits per heavy atom. The first kappa shape index (κ1) is 36.3. The highest BCUT2D eigenvalue weighted by Crippen LogP contribution is 2.52. The third-order valence-corrected chi connectivity index (χ3v) is 5.84. The van der Waals surface area contributed by atoms with Gasteiger partial charge < -0.3 is 0 Å². The molecule has 0 aliphatic rings. The van der Waals surface area contributed by atoms with Crippen LogP contribution in [0, 0.1) is 0 Å². The van der Waals surface area contributed by atoms with Crippen LogP contribution in [0.25, 0.3) is 0 Å². The Morgan fingerprint density at radius 1 is 0.459 bits per heavy atom. The average molecular weight is 626 g/mol. The van der Waals surface area contributed by atoms with Gasteiger partial charge >= 0.3 is 52.3 Å². The molecule has 0 bridgehead atoms. The minimum absolute atomic E-state index is 0.535. The van der Waals surface area contributed by atoms with Gasteiger partial charge in [0.25, 0.3) is 0 Å². The second-order valence-corrected chi connectivity index (χ2v) is 9.59. The molecule has 0 rings (SSSR count). The third kappa shape index (κ3) is 10.4. The lowest BCUT2D eigenvalue weighted by Gasteiger charge is -2.34. The van der Waals surface area contributed by atoms with Crippen molar-refractivity contribution < 1.29 is 103 Å². The lowest BCUT2D eigenvalue weighted by atomic mass is 10.5. The highest BCUT2D eigenvalue weighted by molar-refractivity contribution is 7.48. The first-order valence-electron chi connectivity index (χ1n) is 8.37. The summed E-state index contributed by atoms with van der Waals surface area (Å²) in [5.41, 5.74) is 0. The van der Waals surface area contributed by atoms with Gasteiger partial charge in [0, 0.05) is 28.4 Å². The number of rotatable bonds is 18. The molecule has 0 saturated carbocycles. The zero-order chi connectivity index (χ0) is 29.8. The van der Waals surface area contributed by atoms with Crippen LogP contribution < -0.4 is 0 Å². The maximum absolute atomic E-state index is 13.5. The van der Waals surface area contributed by atoms with Crippen molar-refractivity contribution in [2.75, 3.05) is 41.7 Å². The molecule has 0 aromatic rings. The topological polar surface area (TPSA) is 117 Å². The number of hydrogen-bond donors (Lipinski definition) is 0. The number of phosphoric acid groups is 2. The van der Waals surface area contributed by atoms with Gasteiger partial charge in [-0.05, 0) is 0 Å². The Bertz CT molecular complexity index is 762. The maximum Gasteiger partial charge on any atom is 0.474 e. The normalized spacial score (nSPS) is 15.4. The van der Waals surface area contributed by atoms with Crippen LogP contribution in [-0.2, 0) is 50.5 Å². The van der Waals surface area contributed by atoms with Gasteiger partial charge in [-0.2, -0.15) is 52.7 Å². The van der Waals surface area contributed by atoms with E-state index in [1.807, 2.05) is 4.74 Å². The Hall–Kier alpha value is -0.740. The fraction of sp³-hybridized carbons (Fsp3) is 1.00. The maximum atomic E-state index is 13.5. The van der Waals surface area contributed by atoms with Crippen LogP contribution in [0.5, 0.6) is 0 Å². The first-order chi connectivity index (χ1) is 16.3. The van der Waals surface area contributed by atoms with Gasteiger partial charge in [0.05, 0.1) is 0 Å². The van der Waals surface area contributed by atoms with Crippen molar-refractivity contribution in [1.29, 1.82) is 0 Å². The summed E-state index contributed by atoms with van der Waals surface area (Å²) < 4.78 is 214. The highest BCUT2D eigenvalue weighted by Gasteiger charge is 2.74. The molecule has 224 valence electrons. The molecule has 0 heterocycles. The molecule has 0 amide bonds. The summed E-state index contributed by atoms with van der Waals surface area (Å²) in [6.07, 6.45) is -39.4. The van der Waals surface area contributed by atoms with Gasteiger partial charge in [0.1, 0.15) is 13.2 Å². The van der Waals surface area contributed by atoms with E-state index in [4.69, 9.17) is 0 Å². The lowest BCUT2D eigenvalue weighted by Crippen LogP contribution is -2.58. The summed E-state index contributed by atoms with van der Waals surface area (Å²) in [7, 11) is -7.57. The summed E-state index contributed by atoms with van der Waals surface area (Å²) >= 11 is 0. The van der Waals surface area contributed by atoms with Crippen LogP contribution in [0.3, 0.4) is 0 Å². The fourth-order valence-corrected chi connectivity index (χ4v) is 2.84. The van der Waals surface area contributed by atoms with Crippen molar-refractivity contribution in [2.45, 2.75) is 36.7 Å². The van der Waals surface area contributed by atoms with E-state index in [2.05, 4.69) is 36.6 Å². The minimum Gasteiger partial charge on any atom is -0.290 e. The Balaban J connectivity index is 5.61. The first-order valence-corrected chi connectivity index (χ1v) is 11.3. The Kier molecular flexibility index (Phi) is 11.9. The molecule has 0 aromatic carbocycles. The van der Waals surface area contributed by atoms with Crippen LogP contribution in [0.4, 0.5) is 52.7 Å². The third-order valence-electron chi connectivity index (χ3n) is 3.16. The van der Waals surface area contributed by atoms with E-state index in [0.717, 1.165) is 0 Å². The summed E-state index contributed by atoms with van der Waals surface area (Å²) in [6.45, 7) is -5.24. The highest BCUT2D eigenvalue weighted by atomic mass is 31.2. The largest absolute Gasteiger partial charge is 0.474 e. The van der Waals surface area contributed by atoms with Gasteiger partial charge in [-0.25, -0.2) is 23.3 Å². The van der Waals surface area contributed by atoms with Crippen molar-refractivity contribution in [3.63, 3.8) is 0 Å². The van der Waals surface area contributed by atoms with Crippen molar-refractivity contribution >= 4 is 15.6 Å². The van der Waals surface area contributed by atoms with Crippen LogP contribution in [0.15, 0.2) is 0 Å². The van der Waals surface area contributed by atoms with Gasteiger partial charge in [0.15, 0.2) is 0 Å². The molecule has 0 saturated heterocycles. The molecule has 25 heteroatoms. The fourth-order valence-electron chi connectivity index (χ4n) is 1.50. The van der Waals surface area contributed by atoms with E-state index in [9.17, 15) is 61.8 Å².